The number of halogens is 2. The average molecular weight is 613 g/mol. The van der Waals surface area contributed by atoms with E-state index in [9.17, 15) is 5.11 Å². The summed E-state index contributed by atoms with van der Waals surface area (Å²) in [4.78, 5) is 14.2. The Kier molecular flexibility index (Phi) is 9.15. The summed E-state index contributed by atoms with van der Waals surface area (Å²) in [5.41, 5.74) is 9.09. The maximum atomic E-state index is 9.97. The molecule has 6 N–H and O–H groups in total. The van der Waals surface area contributed by atoms with Crippen molar-refractivity contribution in [1.82, 2.24) is 20.3 Å². The van der Waals surface area contributed by atoms with Crippen LogP contribution >= 0.6 is 23.2 Å². The zero-order valence-corrected chi connectivity index (χ0v) is 24.5. The van der Waals surface area contributed by atoms with Crippen molar-refractivity contribution in [2.75, 3.05) is 43.8 Å². The minimum Gasteiger partial charge on any atom is -0.495 e. The number of aromatic nitrogens is 3. The van der Waals surface area contributed by atoms with E-state index in [2.05, 4.69) is 27.5 Å². The number of rotatable bonds is 11. The third kappa shape index (κ3) is 6.30. The first-order valence-electron chi connectivity index (χ1n) is 13.1. The summed E-state index contributed by atoms with van der Waals surface area (Å²) in [5, 5.41) is 21.0. The number of hydrogen-bond acceptors (Lipinski definition) is 11. The van der Waals surface area contributed by atoms with Gasteiger partial charge in [0.1, 0.15) is 23.2 Å². The Morgan fingerprint density at radius 3 is 2.55 bits per heavy atom. The molecule has 2 aromatic heterocycles. The van der Waals surface area contributed by atoms with Crippen LogP contribution in [0.1, 0.15) is 5.56 Å². The fourth-order valence-corrected chi connectivity index (χ4v) is 5.37. The first-order valence-corrected chi connectivity index (χ1v) is 13.8. The van der Waals surface area contributed by atoms with Gasteiger partial charge in [-0.1, -0.05) is 41.9 Å². The number of nitrogens with one attached hydrogen (secondary N) is 3. The molecule has 1 aliphatic rings. The van der Waals surface area contributed by atoms with Gasteiger partial charge in [-0.2, -0.15) is 0 Å². The molecular formula is C29H31Cl2N7O4. The van der Waals surface area contributed by atoms with Crippen LogP contribution < -0.4 is 31.2 Å². The molecule has 4 aromatic rings. The van der Waals surface area contributed by atoms with Gasteiger partial charge in [0.15, 0.2) is 5.82 Å². The summed E-state index contributed by atoms with van der Waals surface area (Å²) >= 11 is 13.5. The van der Waals surface area contributed by atoms with Crippen molar-refractivity contribution in [1.29, 1.82) is 0 Å². The van der Waals surface area contributed by atoms with E-state index in [1.165, 1.54) is 20.3 Å². The molecule has 3 atom stereocenters. The van der Waals surface area contributed by atoms with Gasteiger partial charge in [0.2, 0.25) is 5.95 Å². The number of anilines is 3. The molecule has 2 aromatic carbocycles. The molecule has 1 unspecified atom stereocenters. The Bertz CT molecular complexity index is 1580. The van der Waals surface area contributed by atoms with Gasteiger partial charge in [0.05, 0.1) is 55.3 Å². The summed E-state index contributed by atoms with van der Waals surface area (Å²) in [6, 6.07) is 10.6. The summed E-state index contributed by atoms with van der Waals surface area (Å²) in [7, 11) is 3.03. The summed E-state index contributed by atoms with van der Waals surface area (Å²) < 4.78 is 16.5. The van der Waals surface area contributed by atoms with E-state index in [1.54, 1.807) is 18.3 Å². The van der Waals surface area contributed by atoms with Crippen LogP contribution in [-0.2, 0) is 11.3 Å². The lowest BCUT2D eigenvalue weighted by Gasteiger charge is -2.22. The molecule has 0 radical (unpaired) electrons. The van der Waals surface area contributed by atoms with E-state index in [0.717, 1.165) is 5.56 Å². The van der Waals surface area contributed by atoms with Crippen molar-refractivity contribution in [3.05, 3.63) is 70.9 Å². The number of fused-ring (bicyclic) bond motifs is 1. The number of methoxy groups -OCH3 is 2. The third-order valence-electron chi connectivity index (χ3n) is 6.81. The zero-order valence-electron chi connectivity index (χ0n) is 23.0. The van der Waals surface area contributed by atoms with Crippen LogP contribution in [0, 0.1) is 0 Å². The summed E-state index contributed by atoms with van der Waals surface area (Å²) in [6.45, 7) is 4.86. The van der Waals surface area contributed by atoms with E-state index < -0.39 is 6.23 Å². The molecule has 0 bridgehead atoms. The Labute approximate surface area is 253 Å². The Morgan fingerprint density at radius 2 is 1.86 bits per heavy atom. The highest BCUT2D eigenvalue weighted by Crippen LogP contribution is 2.46. The van der Waals surface area contributed by atoms with Crippen molar-refractivity contribution >= 4 is 51.6 Å². The number of ether oxygens (including phenoxy) is 3. The topological polar surface area (TPSA) is 149 Å². The number of nitrogen functional groups attached to an aromatic ring is 1. The van der Waals surface area contributed by atoms with Crippen molar-refractivity contribution in [2.24, 2.45) is 0 Å². The van der Waals surface area contributed by atoms with Crippen molar-refractivity contribution < 1.29 is 19.3 Å². The van der Waals surface area contributed by atoms with Gasteiger partial charge in [-0.25, -0.2) is 15.0 Å². The molecular weight excluding hydrogens is 581 g/mol. The molecule has 42 heavy (non-hydrogen) atoms. The van der Waals surface area contributed by atoms with E-state index in [1.807, 2.05) is 24.3 Å². The molecule has 1 saturated heterocycles. The van der Waals surface area contributed by atoms with Gasteiger partial charge in [0, 0.05) is 35.4 Å². The second kappa shape index (κ2) is 13.0. The zero-order chi connectivity index (χ0) is 29.8. The van der Waals surface area contributed by atoms with Crippen LogP contribution in [-0.4, -0.2) is 65.8 Å². The molecule has 0 amide bonds. The fourth-order valence-electron chi connectivity index (χ4n) is 4.67. The average Bonchev–Trinajstić information content (AvgIpc) is 3.42. The molecule has 0 spiro atoms. The monoisotopic (exact) mass is 611 g/mol. The van der Waals surface area contributed by atoms with Gasteiger partial charge in [-0.05, 0) is 29.8 Å². The molecule has 13 heteroatoms. The SMILES string of the molecule is C=CC(O)N[C@H]1COC[C@H]1Nc1ncc2cc(-c3c(Cl)c(OC)cc(OC)c3Cl)nc(NCc3cccc(N)c3)c2n1. The Hall–Kier alpha value is -3.87. The molecule has 0 aliphatic carbocycles. The van der Waals surface area contributed by atoms with Gasteiger partial charge < -0.3 is 35.7 Å². The van der Waals surface area contributed by atoms with E-state index >= 15 is 0 Å². The second-order valence-electron chi connectivity index (χ2n) is 9.61. The van der Waals surface area contributed by atoms with Crippen molar-refractivity contribution in [3.63, 3.8) is 0 Å². The molecule has 1 aliphatic heterocycles. The fraction of sp³-hybridized carbons (Fsp3) is 0.276. The van der Waals surface area contributed by atoms with Crippen LogP contribution in [0.15, 0.2) is 55.3 Å². The molecule has 11 nitrogen and oxygen atoms in total. The normalized spacial score (nSPS) is 17.2. The molecule has 5 rings (SSSR count). The summed E-state index contributed by atoms with van der Waals surface area (Å²) in [5.74, 6) is 1.63. The van der Waals surface area contributed by atoms with Crippen LogP contribution in [0.5, 0.6) is 11.5 Å². The number of aliphatic hydroxyl groups is 1. The molecule has 0 saturated carbocycles. The van der Waals surface area contributed by atoms with Crippen LogP contribution in [0.2, 0.25) is 10.0 Å². The predicted octanol–water partition coefficient (Wildman–Crippen LogP) is 4.48. The lowest BCUT2D eigenvalue weighted by molar-refractivity contribution is 0.149. The minimum atomic E-state index is -0.863. The van der Waals surface area contributed by atoms with Crippen molar-refractivity contribution in [3.8, 4) is 22.8 Å². The second-order valence-corrected chi connectivity index (χ2v) is 10.4. The maximum absolute atomic E-state index is 9.97. The number of aliphatic hydroxyl groups excluding tert-OH is 1. The van der Waals surface area contributed by atoms with E-state index in [-0.39, 0.29) is 22.1 Å². The molecule has 220 valence electrons. The first-order chi connectivity index (χ1) is 20.3. The Balaban J connectivity index is 1.57. The van der Waals surface area contributed by atoms with Crippen LogP contribution in [0.25, 0.3) is 22.2 Å². The van der Waals surface area contributed by atoms with Gasteiger partial charge in [0.25, 0.3) is 0 Å². The molecule has 3 heterocycles. The third-order valence-corrected chi connectivity index (χ3v) is 7.56. The molecule has 1 fully saturated rings. The number of nitrogens with zero attached hydrogens (tertiary/aromatic N) is 3. The van der Waals surface area contributed by atoms with Gasteiger partial charge >= 0.3 is 0 Å². The lowest BCUT2D eigenvalue weighted by atomic mass is 10.1. The van der Waals surface area contributed by atoms with Crippen molar-refractivity contribution in [2.45, 2.75) is 24.9 Å². The van der Waals surface area contributed by atoms with Gasteiger partial charge in [-0.15, -0.1) is 0 Å². The van der Waals surface area contributed by atoms with Crippen LogP contribution in [0.4, 0.5) is 17.5 Å². The number of hydrogen-bond donors (Lipinski definition) is 5. The first kappa shape index (κ1) is 29.6. The number of benzene rings is 2. The largest absolute Gasteiger partial charge is 0.495 e. The minimum absolute atomic E-state index is 0.175. The Morgan fingerprint density at radius 1 is 1.12 bits per heavy atom. The highest BCUT2D eigenvalue weighted by molar-refractivity contribution is 6.41. The maximum Gasteiger partial charge on any atom is 0.223 e. The number of pyridine rings is 1. The standard InChI is InChI=1S/C29H31Cl2N7O4/c1-4-23(39)35-19-13-42-14-20(19)37-29-34-12-16-9-18(24-25(30)21(40-2)10-22(41-3)26(24)31)36-28(27(16)38-29)33-11-15-6-5-7-17(32)8-15/h4-10,12,19-20,23,35,39H,1,11,13-14,32H2,2-3H3,(H,33,36)(H,34,37,38)/t19-,20+,23?/m0/s1. The lowest BCUT2D eigenvalue weighted by Crippen LogP contribution is -2.47. The van der Waals surface area contributed by atoms with Gasteiger partial charge in [-0.3, -0.25) is 5.32 Å². The van der Waals surface area contributed by atoms with E-state index in [4.69, 9.17) is 53.1 Å². The predicted molar refractivity (Wildman–Crippen MR) is 165 cm³/mol. The smallest absolute Gasteiger partial charge is 0.223 e. The summed E-state index contributed by atoms with van der Waals surface area (Å²) in [6.07, 6.45) is 2.25. The van der Waals surface area contributed by atoms with Crippen LogP contribution in [0.3, 0.4) is 0 Å². The quantitative estimate of drug-likeness (QED) is 0.0927. The number of nitrogens with two attached hydrogens (primary N) is 1. The highest BCUT2D eigenvalue weighted by Gasteiger charge is 2.30. The van der Waals surface area contributed by atoms with E-state index in [0.29, 0.717) is 70.9 Å². The highest BCUT2D eigenvalue weighted by atomic mass is 35.5.